The molecular weight excluding hydrogens is 379 g/mol. The van der Waals surface area contributed by atoms with Crippen molar-refractivity contribution in [2.24, 2.45) is 10.9 Å². The number of hydrogen-bond acceptors (Lipinski definition) is 3. The van der Waals surface area contributed by atoms with Gasteiger partial charge in [-0.05, 0) is 32.6 Å². The lowest BCUT2D eigenvalue weighted by Gasteiger charge is -2.15. The fourth-order valence-electron chi connectivity index (χ4n) is 2.20. The lowest BCUT2D eigenvalue weighted by Crippen LogP contribution is -2.38. The van der Waals surface area contributed by atoms with Gasteiger partial charge in [-0.3, -0.25) is 9.98 Å². The smallest absolute Gasteiger partial charge is 0.191 e. The van der Waals surface area contributed by atoms with Gasteiger partial charge in [0.15, 0.2) is 5.96 Å². The van der Waals surface area contributed by atoms with Crippen LogP contribution < -0.4 is 15.4 Å². The number of rotatable bonds is 5. The Labute approximate surface area is 144 Å². The predicted octanol–water partition coefficient (Wildman–Crippen LogP) is 2.40. The maximum Gasteiger partial charge on any atom is 0.191 e. The highest BCUT2D eigenvalue weighted by atomic mass is 127. The number of pyridine rings is 1. The van der Waals surface area contributed by atoms with Gasteiger partial charge in [0.1, 0.15) is 5.75 Å². The van der Waals surface area contributed by atoms with Crippen molar-refractivity contribution >= 4 is 29.9 Å². The zero-order valence-electron chi connectivity index (χ0n) is 13.2. The highest BCUT2D eigenvalue weighted by Crippen LogP contribution is 2.27. The van der Waals surface area contributed by atoms with Gasteiger partial charge in [-0.25, -0.2) is 0 Å². The minimum atomic E-state index is 0. The highest BCUT2D eigenvalue weighted by molar-refractivity contribution is 14.0. The van der Waals surface area contributed by atoms with Crippen LogP contribution in [0.3, 0.4) is 0 Å². The van der Waals surface area contributed by atoms with Crippen LogP contribution in [0.1, 0.15) is 29.7 Å². The Hall–Kier alpha value is -1.05. The monoisotopic (exact) mass is 404 g/mol. The van der Waals surface area contributed by atoms with Gasteiger partial charge in [0, 0.05) is 30.9 Å². The first kappa shape index (κ1) is 18.0. The van der Waals surface area contributed by atoms with Gasteiger partial charge < -0.3 is 15.4 Å². The number of aryl methyl sites for hydroxylation is 1. The highest BCUT2D eigenvalue weighted by Gasteiger charge is 2.21. The van der Waals surface area contributed by atoms with Crippen LogP contribution in [0.4, 0.5) is 0 Å². The zero-order valence-corrected chi connectivity index (χ0v) is 15.5. The fraction of sp³-hybridized carbons (Fsp3) is 0.600. The van der Waals surface area contributed by atoms with Crippen LogP contribution in [0.5, 0.6) is 5.75 Å². The molecule has 0 spiro atoms. The topological polar surface area (TPSA) is 58.5 Å². The summed E-state index contributed by atoms with van der Waals surface area (Å²) in [6.45, 7) is 5.69. The van der Waals surface area contributed by atoms with Crippen molar-refractivity contribution in [1.82, 2.24) is 15.6 Å². The summed E-state index contributed by atoms with van der Waals surface area (Å²) in [5.74, 6) is 2.57. The molecule has 6 heteroatoms. The molecule has 0 amide bonds. The predicted molar refractivity (Wildman–Crippen MR) is 96.6 cm³/mol. The van der Waals surface area contributed by atoms with Gasteiger partial charge in [0.25, 0.3) is 0 Å². The van der Waals surface area contributed by atoms with E-state index in [0.717, 1.165) is 41.0 Å². The Balaban J connectivity index is 0.00000220. The maximum absolute atomic E-state index is 5.42. The molecule has 118 valence electrons. The summed E-state index contributed by atoms with van der Waals surface area (Å²) < 4.78 is 5.42. The minimum Gasteiger partial charge on any atom is -0.496 e. The molecular formula is C15H25IN4O. The third kappa shape index (κ3) is 5.01. The van der Waals surface area contributed by atoms with E-state index in [4.69, 9.17) is 4.74 Å². The first-order chi connectivity index (χ1) is 9.65. The standard InChI is InChI=1S/C15H24N4O.HI/c1-10-7-17-13(11(2)14(10)20-4)9-19-15(16-3)18-8-12-5-6-12;/h7,12H,5-6,8-9H2,1-4H3,(H2,16,18,19);1H. The lowest BCUT2D eigenvalue weighted by molar-refractivity contribution is 0.406. The van der Waals surface area contributed by atoms with Crippen LogP contribution in [0.2, 0.25) is 0 Å². The van der Waals surface area contributed by atoms with Gasteiger partial charge in [-0.1, -0.05) is 0 Å². The van der Waals surface area contributed by atoms with Crippen molar-refractivity contribution in [3.8, 4) is 5.75 Å². The second-order valence-electron chi connectivity index (χ2n) is 5.30. The number of halogens is 1. The summed E-state index contributed by atoms with van der Waals surface area (Å²) in [4.78, 5) is 8.70. The largest absolute Gasteiger partial charge is 0.496 e. The van der Waals surface area contributed by atoms with E-state index in [1.165, 1.54) is 12.8 Å². The third-order valence-electron chi connectivity index (χ3n) is 3.65. The summed E-state index contributed by atoms with van der Waals surface area (Å²) in [6.07, 6.45) is 4.52. The molecule has 21 heavy (non-hydrogen) atoms. The molecule has 0 aromatic carbocycles. The van der Waals surface area contributed by atoms with E-state index in [9.17, 15) is 0 Å². The second kappa shape index (κ2) is 8.41. The molecule has 1 aromatic heterocycles. The third-order valence-corrected chi connectivity index (χ3v) is 3.65. The number of aliphatic imine (C=N–C) groups is 1. The molecule has 2 N–H and O–H groups in total. The molecule has 0 bridgehead atoms. The summed E-state index contributed by atoms with van der Waals surface area (Å²) >= 11 is 0. The Kier molecular flexibility index (Phi) is 7.21. The molecule has 1 heterocycles. The SMILES string of the molecule is CN=C(NCc1ncc(C)c(OC)c1C)NCC1CC1.I. The number of nitrogens with zero attached hydrogens (tertiary/aromatic N) is 2. The minimum absolute atomic E-state index is 0. The molecule has 1 aliphatic rings. The molecule has 0 aliphatic heterocycles. The number of guanidine groups is 1. The number of methoxy groups -OCH3 is 1. The zero-order chi connectivity index (χ0) is 14.5. The summed E-state index contributed by atoms with van der Waals surface area (Å²) in [7, 11) is 3.49. The van der Waals surface area contributed by atoms with Crippen molar-refractivity contribution in [2.75, 3.05) is 20.7 Å². The lowest BCUT2D eigenvalue weighted by atomic mass is 10.1. The van der Waals surface area contributed by atoms with E-state index in [1.54, 1.807) is 14.2 Å². The molecule has 5 nitrogen and oxygen atoms in total. The van der Waals surface area contributed by atoms with Crippen molar-refractivity contribution in [1.29, 1.82) is 0 Å². The molecule has 0 radical (unpaired) electrons. The van der Waals surface area contributed by atoms with Gasteiger partial charge in [0.05, 0.1) is 19.3 Å². The average molecular weight is 404 g/mol. The maximum atomic E-state index is 5.42. The second-order valence-corrected chi connectivity index (χ2v) is 5.30. The van der Waals surface area contributed by atoms with E-state index < -0.39 is 0 Å². The molecule has 1 aromatic rings. The summed E-state index contributed by atoms with van der Waals surface area (Å²) in [5.41, 5.74) is 3.13. The molecule has 0 unspecified atom stereocenters. The normalized spacial score (nSPS) is 14.4. The Morgan fingerprint density at radius 2 is 2.10 bits per heavy atom. The van der Waals surface area contributed by atoms with E-state index in [-0.39, 0.29) is 24.0 Å². The Morgan fingerprint density at radius 1 is 1.38 bits per heavy atom. The number of hydrogen-bond donors (Lipinski definition) is 2. The van der Waals surface area contributed by atoms with E-state index in [0.29, 0.717) is 6.54 Å². The van der Waals surface area contributed by atoms with Gasteiger partial charge in [0.2, 0.25) is 0 Å². The Bertz CT molecular complexity index is 501. The van der Waals surface area contributed by atoms with Gasteiger partial charge >= 0.3 is 0 Å². The quantitative estimate of drug-likeness (QED) is 0.450. The van der Waals surface area contributed by atoms with Crippen molar-refractivity contribution in [3.05, 3.63) is 23.0 Å². The molecule has 2 rings (SSSR count). The fourth-order valence-corrected chi connectivity index (χ4v) is 2.20. The molecule has 1 saturated carbocycles. The van der Waals surface area contributed by atoms with Crippen molar-refractivity contribution < 1.29 is 4.74 Å². The van der Waals surface area contributed by atoms with Crippen LogP contribution >= 0.6 is 24.0 Å². The molecule has 1 aliphatic carbocycles. The van der Waals surface area contributed by atoms with Gasteiger partial charge in [-0.15, -0.1) is 24.0 Å². The molecule has 0 saturated heterocycles. The number of ether oxygens (including phenoxy) is 1. The van der Waals surface area contributed by atoms with Crippen LogP contribution in [0, 0.1) is 19.8 Å². The first-order valence-corrected chi connectivity index (χ1v) is 7.09. The number of nitrogens with one attached hydrogen (secondary N) is 2. The van der Waals surface area contributed by atoms with Crippen LogP contribution in [0.15, 0.2) is 11.2 Å². The van der Waals surface area contributed by atoms with Crippen LogP contribution in [-0.4, -0.2) is 31.6 Å². The summed E-state index contributed by atoms with van der Waals surface area (Å²) in [5, 5.41) is 6.64. The van der Waals surface area contributed by atoms with E-state index in [2.05, 4.69) is 20.6 Å². The molecule has 1 fully saturated rings. The molecule has 0 atom stereocenters. The average Bonchev–Trinajstić information content (AvgIpc) is 3.25. The number of aromatic nitrogens is 1. The van der Waals surface area contributed by atoms with Gasteiger partial charge in [-0.2, -0.15) is 0 Å². The van der Waals surface area contributed by atoms with E-state index in [1.807, 2.05) is 20.0 Å². The van der Waals surface area contributed by atoms with Crippen LogP contribution in [-0.2, 0) is 6.54 Å². The Morgan fingerprint density at radius 3 is 2.67 bits per heavy atom. The first-order valence-electron chi connectivity index (χ1n) is 7.09. The summed E-state index contributed by atoms with van der Waals surface area (Å²) in [6, 6.07) is 0. The van der Waals surface area contributed by atoms with Crippen molar-refractivity contribution in [2.45, 2.75) is 33.2 Å². The van der Waals surface area contributed by atoms with Crippen LogP contribution in [0.25, 0.3) is 0 Å². The van der Waals surface area contributed by atoms with Crippen molar-refractivity contribution in [3.63, 3.8) is 0 Å². The van der Waals surface area contributed by atoms with E-state index >= 15 is 0 Å².